The number of hydrogen-bond acceptors (Lipinski definition) is 4. The summed E-state index contributed by atoms with van der Waals surface area (Å²) in [6.07, 6.45) is 0. The molecule has 0 aliphatic carbocycles. The van der Waals surface area contributed by atoms with Gasteiger partial charge in [-0.05, 0) is 33.2 Å². The van der Waals surface area contributed by atoms with Crippen LogP contribution in [0.5, 0.6) is 11.5 Å². The highest BCUT2D eigenvalue weighted by molar-refractivity contribution is 5.39. The fourth-order valence-corrected chi connectivity index (χ4v) is 1.46. The van der Waals surface area contributed by atoms with E-state index in [1.54, 1.807) is 7.11 Å². The van der Waals surface area contributed by atoms with E-state index in [-0.39, 0.29) is 0 Å². The molecule has 1 unspecified atom stereocenters. The molecular weight excluding hydrogens is 228 g/mol. The van der Waals surface area contributed by atoms with E-state index in [0.717, 1.165) is 24.6 Å². The second-order valence-electron chi connectivity index (χ2n) is 4.52. The van der Waals surface area contributed by atoms with Crippen molar-refractivity contribution in [2.45, 2.75) is 13.0 Å². The summed E-state index contributed by atoms with van der Waals surface area (Å²) in [5, 5.41) is 3.37. The summed E-state index contributed by atoms with van der Waals surface area (Å²) in [5.41, 5.74) is 0. The molecule has 0 bridgehead atoms. The smallest absolute Gasteiger partial charge is 0.161 e. The Hall–Kier alpha value is -1.26. The van der Waals surface area contributed by atoms with Crippen molar-refractivity contribution >= 4 is 0 Å². The Bertz CT molecular complexity index is 342. The minimum absolute atomic E-state index is 0.524. The zero-order chi connectivity index (χ0) is 13.4. The molecule has 0 radical (unpaired) electrons. The molecule has 0 spiro atoms. The molecule has 0 fully saturated rings. The van der Waals surface area contributed by atoms with Crippen molar-refractivity contribution in [2.75, 3.05) is 40.9 Å². The molecule has 1 aromatic rings. The van der Waals surface area contributed by atoms with Gasteiger partial charge in [-0.15, -0.1) is 0 Å². The first-order valence-electron chi connectivity index (χ1n) is 6.28. The average Bonchev–Trinajstić information content (AvgIpc) is 2.38. The van der Waals surface area contributed by atoms with Crippen LogP contribution in [0.15, 0.2) is 24.3 Å². The van der Waals surface area contributed by atoms with Gasteiger partial charge in [-0.3, -0.25) is 0 Å². The molecule has 18 heavy (non-hydrogen) atoms. The first-order chi connectivity index (χ1) is 8.65. The second kappa shape index (κ2) is 7.95. The molecule has 1 N–H and O–H groups in total. The zero-order valence-corrected chi connectivity index (χ0v) is 11.8. The molecule has 102 valence electrons. The van der Waals surface area contributed by atoms with Gasteiger partial charge in [0.05, 0.1) is 7.11 Å². The average molecular weight is 252 g/mol. The number of nitrogens with one attached hydrogen (secondary N) is 1. The van der Waals surface area contributed by atoms with Gasteiger partial charge in [0, 0.05) is 19.1 Å². The molecule has 0 saturated carbocycles. The van der Waals surface area contributed by atoms with Crippen molar-refractivity contribution in [1.82, 2.24) is 10.2 Å². The summed E-state index contributed by atoms with van der Waals surface area (Å²) in [4.78, 5) is 2.19. The van der Waals surface area contributed by atoms with Gasteiger partial charge in [0.25, 0.3) is 0 Å². The highest BCUT2D eigenvalue weighted by atomic mass is 16.5. The molecule has 1 rings (SSSR count). The molecule has 0 saturated heterocycles. The topological polar surface area (TPSA) is 33.7 Å². The molecule has 0 aromatic heterocycles. The maximum absolute atomic E-state index is 5.67. The van der Waals surface area contributed by atoms with Crippen molar-refractivity contribution in [3.63, 3.8) is 0 Å². The molecule has 0 aliphatic heterocycles. The van der Waals surface area contributed by atoms with E-state index >= 15 is 0 Å². The maximum Gasteiger partial charge on any atom is 0.161 e. The van der Waals surface area contributed by atoms with Crippen molar-refractivity contribution in [3.8, 4) is 11.5 Å². The third-order valence-electron chi connectivity index (χ3n) is 2.93. The fourth-order valence-electron chi connectivity index (χ4n) is 1.46. The lowest BCUT2D eigenvalue weighted by atomic mass is 10.3. The predicted octanol–water partition coefficient (Wildman–Crippen LogP) is 1.61. The number of hydrogen-bond donors (Lipinski definition) is 1. The van der Waals surface area contributed by atoms with Gasteiger partial charge < -0.3 is 19.7 Å². The largest absolute Gasteiger partial charge is 0.493 e. The highest BCUT2D eigenvalue weighted by Crippen LogP contribution is 2.25. The number of ether oxygens (including phenoxy) is 2. The lowest BCUT2D eigenvalue weighted by Gasteiger charge is -2.20. The van der Waals surface area contributed by atoms with Crippen LogP contribution < -0.4 is 14.8 Å². The van der Waals surface area contributed by atoms with E-state index in [2.05, 4.69) is 31.2 Å². The van der Waals surface area contributed by atoms with E-state index in [0.29, 0.717) is 12.6 Å². The fraction of sp³-hybridized carbons (Fsp3) is 0.571. The van der Waals surface area contributed by atoms with Crippen LogP contribution in [0.4, 0.5) is 0 Å². The van der Waals surface area contributed by atoms with Crippen LogP contribution in [-0.4, -0.2) is 51.8 Å². The number of likely N-dealkylation sites (N-methyl/N-ethyl adjacent to an activating group) is 1. The minimum atomic E-state index is 0.524. The van der Waals surface area contributed by atoms with Crippen LogP contribution in [0.3, 0.4) is 0 Å². The van der Waals surface area contributed by atoms with Crippen LogP contribution >= 0.6 is 0 Å². The van der Waals surface area contributed by atoms with E-state index < -0.39 is 0 Å². The Morgan fingerprint density at radius 2 is 1.89 bits per heavy atom. The normalized spacial score (nSPS) is 12.5. The third-order valence-corrected chi connectivity index (χ3v) is 2.93. The number of methoxy groups -OCH3 is 1. The van der Waals surface area contributed by atoms with Gasteiger partial charge >= 0.3 is 0 Å². The molecule has 1 aromatic carbocycles. The molecule has 4 nitrogen and oxygen atoms in total. The van der Waals surface area contributed by atoms with Gasteiger partial charge in [0.1, 0.15) is 6.61 Å². The minimum Gasteiger partial charge on any atom is -0.493 e. The van der Waals surface area contributed by atoms with Crippen LogP contribution in [0, 0.1) is 0 Å². The van der Waals surface area contributed by atoms with Gasteiger partial charge in [-0.25, -0.2) is 0 Å². The Labute approximate surface area is 110 Å². The van der Waals surface area contributed by atoms with Gasteiger partial charge in [0.2, 0.25) is 0 Å². The molecule has 0 aliphatic rings. The predicted molar refractivity (Wildman–Crippen MR) is 74.5 cm³/mol. The van der Waals surface area contributed by atoms with Crippen LogP contribution in [0.2, 0.25) is 0 Å². The number of benzene rings is 1. The van der Waals surface area contributed by atoms with Crippen LogP contribution in [-0.2, 0) is 0 Å². The molecule has 4 heteroatoms. The highest BCUT2D eigenvalue weighted by Gasteiger charge is 2.04. The van der Waals surface area contributed by atoms with E-state index in [9.17, 15) is 0 Å². The molecule has 0 heterocycles. The Balaban J connectivity index is 2.22. The summed E-state index contributed by atoms with van der Waals surface area (Å²) in [7, 11) is 5.81. The number of rotatable bonds is 8. The van der Waals surface area contributed by atoms with Gasteiger partial charge in [-0.2, -0.15) is 0 Å². The monoisotopic (exact) mass is 252 g/mol. The molecule has 0 amide bonds. The Morgan fingerprint density at radius 1 is 1.22 bits per heavy atom. The quantitative estimate of drug-likeness (QED) is 0.713. The summed E-state index contributed by atoms with van der Waals surface area (Å²) in [5.74, 6) is 1.57. The Kier molecular flexibility index (Phi) is 6.54. The number of para-hydroxylation sites is 2. The summed E-state index contributed by atoms with van der Waals surface area (Å²) >= 11 is 0. The summed E-state index contributed by atoms with van der Waals surface area (Å²) in [6.45, 7) is 4.62. The van der Waals surface area contributed by atoms with Crippen molar-refractivity contribution in [3.05, 3.63) is 24.3 Å². The van der Waals surface area contributed by atoms with Crippen molar-refractivity contribution in [1.29, 1.82) is 0 Å². The first-order valence-corrected chi connectivity index (χ1v) is 6.28. The van der Waals surface area contributed by atoms with Crippen molar-refractivity contribution < 1.29 is 9.47 Å². The first kappa shape index (κ1) is 14.8. The second-order valence-corrected chi connectivity index (χ2v) is 4.52. The SMILES string of the molecule is COc1ccccc1OCCNCC(C)N(C)C. The summed E-state index contributed by atoms with van der Waals surface area (Å²) in [6, 6.07) is 8.22. The van der Waals surface area contributed by atoms with E-state index in [4.69, 9.17) is 9.47 Å². The van der Waals surface area contributed by atoms with Gasteiger partial charge in [-0.1, -0.05) is 12.1 Å². The van der Waals surface area contributed by atoms with Gasteiger partial charge in [0.15, 0.2) is 11.5 Å². The zero-order valence-electron chi connectivity index (χ0n) is 11.8. The molecule has 1 atom stereocenters. The van der Waals surface area contributed by atoms with E-state index in [1.165, 1.54) is 0 Å². The summed E-state index contributed by atoms with van der Waals surface area (Å²) < 4.78 is 10.9. The third kappa shape index (κ3) is 4.94. The standard InChI is InChI=1S/C14H24N2O2/c1-12(16(2)3)11-15-9-10-18-14-8-6-5-7-13(14)17-4/h5-8,12,15H,9-11H2,1-4H3. The number of nitrogens with zero attached hydrogens (tertiary/aromatic N) is 1. The van der Waals surface area contributed by atoms with Crippen molar-refractivity contribution in [2.24, 2.45) is 0 Å². The lowest BCUT2D eigenvalue weighted by molar-refractivity contribution is 0.272. The Morgan fingerprint density at radius 3 is 2.50 bits per heavy atom. The lowest BCUT2D eigenvalue weighted by Crippen LogP contribution is -2.36. The van der Waals surface area contributed by atoms with E-state index in [1.807, 2.05) is 24.3 Å². The maximum atomic E-state index is 5.67. The molecular formula is C14H24N2O2. The van der Waals surface area contributed by atoms with Crippen LogP contribution in [0.25, 0.3) is 0 Å². The van der Waals surface area contributed by atoms with Crippen LogP contribution in [0.1, 0.15) is 6.92 Å².